The van der Waals surface area contributed by atoms with Crippen molar-refractivity contribution in [3.63, 3.8) is 0 Å². The summed E-state index contributed by atoms with van der Waals surface area (Å²) in [4.78, 5) is 29.7. The third-order valence-corrected chi connectivity index (χ3v) is 5.15. The van der Waals surface area contributed by atoms with Crippen LogP contribution in [0.25, 0.3) is 0 Å². The molecule has 0 radical (unpaired) electrons. The topological polar surface area (TPSA) is 74.4 Å². The second-order valence-corrected chi connectivity index (χ2v) is 7.11. The second-order valence-electron chi connectivity index (χ2n) is 7.11. The molecule has 28 heavy (non-hydrogen) atoms. The van der Waals surface area contributed by atoms with Gasteiger partial charge in [0, 0.05) is 46.8 Å². The van der Waals surface area contributed by atoms with Gasteiger partial charge >= 0.3 is 0 Å². The van der Waals surface area contributed by atoms with Crippen molar-refractivity contribution in [2.45, 2.75) is 13.5 Å². The molecule has 0 atom stereocenters. The SMILES string of the molecule is CNC(=O)CN(C)C(=O)CN1CCN(Cc2cc(OC)c(OC)cc2C)CC1. The van der Waals surface area contributed by atoms with Crippen LogP contribution in [0.4, 0.5) is 0 Å². The Morgan fingerprint density at radius 1 is 1.07 bits per heavy atom. The second kappa shape index (κ2) is 10.3. The molecule has 2 amide bonds. The summed E-state index contributed by atoms with van der Waals surface area (Å²) in [5, 5.41) is 2.53. The van der Waals surface area contributed by atoms with E-state index in [4.69, 9.17) is 9.47 Å². The van der Waals surface area contributed by atoms with Gasteiger partial charge in [0.15, 0.2) is 11.5 Å². The first-order chi connectivity index (χ1) is 13.4. The summed E-state index contributed by atoms with van der Waals surface area (Å²) in [5.41, 5.74) is 2.39. The number of likely N-dealkylation sites (N-methyl/N-ethyl adjacent to an activating group) is 2. The number of aryl methyl sites for hydroxylation is 1. The van der Waals surface area contributed by atoms with E-state index in [0.29, 0.717) is 6.54 Å². The van der Waals surface area contributed by atoms with Gasteiger partial charge in [-0.05, 0) is 30.2 Å². The molecule has 1 aliphatic heterocycles. The molecule has 1 aliphatic rings. The number of amides is 2. The largest absolute Gasteiger partial charge is 0.493 e. The Bertz CT molecular complexity index is 687. The average molecular weight is 393 g/mol. The first-order valence-electron chi connectivity index (χ1n) is 9.48. The molecule has 156 valence electrons. The van der Waals surface area contributed by atoms with Gasteiger partial charge in [-0.1, -0.05) is 0 Å². The molecular formula is C20H32N4O4. The number of carbonyl (C=O) groups excluding carboxylic acids is 2. The third kappa shape index (κ3) is 5.84. The van der Waals surface area contributed by atoms with Gasteiger partial charge in [0.1, 0.15) is 0 Å². The van der Waals surface area contributed by atoms with E-state index in [1.54, 1.807) is 28.3 Å². The highest BCUT2D eigenvalue weighted by Gasteiger charge is 2.22. The average Bonchev–Trinajstić information content (AvgIpc) is 2.70. The number of nitrogens with one attached hydrogen (secondary N) is 1. The molecule has 1 saturated heterocycles. The van der Waals surface area contributed by atoms with Crippen LogP contribution in [0, 0.1) is 6.92 Å². The Hall–Kier alpha value is -2.32. The minimum atomic E-state index is -0.161. The van der Waals surface area contributed by atoms with Crippen LogP contribution >= 0.6 is 0 Å². The number of benzene rings is 1. The summed E-state index contributed by atoms with van der Waals surface area (Å²) in [6.07, 6.45) is 0. The number of hydrogen-bond acceptors (Lipinski definition) is 6. The summed E-state index contributed by atoms with van der Waals surface area (Å²) < 4.78 is 10.8. The van der Waals surface area contributed by atoms with Crippen molar-refractivity contribution in [3.05, 3.63) is 23.3 Å². The Morgan fingerprint density at radius 2 is 1.64 bits per heavy atom. The highest BCUT2D eigenvalue weighted by Crippen LogP contribution is 2.30. The zero-order chi connectivity index (χ0) is 20.7. The Balaban J connectivity index is 1.86. The maximum atomic E-state index is 12.3. The van der Waals surface area contributed by atoms with Crippen LogP contribution in [0.5, 0.6) is 11.5 Å². The number of hydrogen-bond donors (Lipinski definition) is 1. The van der Waals surface area contributed by atoms with Crippen molar-refractivity contribution < 1.29 is 19.1 Å². The molecule has 1 fully saturated rings. The molecule has 1 aromatic rings. The van der Waals surface area contributed by atoms with Crippen molar-refractivity contribution in [1.82, 2.24) is 20.0 Å². The molecule has 2 rings (SSSR count). The summed E-state index contributed by atoms with van der Waals surface area (Å²) in [5.74, 6) is 1.29. The maximum Gasteiger partial charge on any atom is 0.239 e. The zero-order valence-electron chi connectivity index (χ0n) is 17.6. The fourth-order valence-electron chi connectivity index (χ4n) is 3.23. The molecule has 1 aromatic carbocycles. The fraction of sp³-hybridized carbons (Fsp3) is 0.600. The third-order valence-electron chi connectivity index (χ3n) is 5.15. The number of nitrogens with zero attached hydrogens (tertiary/aromatic N) is 3. The predicted octanol–water partition coefficient (Wildman–Crippen LogP) is 0.334. The lowest BCUT2D eigenvalue weighted by Crippen LogP contribution is -2.50. The van der Waals surface area contributed by atoms with E-state index in [9.17, 15) is 9.59 Å². The molecule has 0 aromatic heterocycles. The summed E-state index contributed by atoms with van der Waals surface area (Å²) in [6.45, 7) is 6.78. The smallest absolute Gasteiger partial charge is 0.239 e. The molecule has 0 spiro atoms. The standard InChI is InChI=1S/C20H32N4O4/c1-15-10-17(27-4)18(28-5)11-16(15)12-23-6-8-24(9-7-23)14-20(26)22(3)13-19(25)21-2/h10-11H,6-9,12-14H2,1-5H3,(H,21,25). The predicted molar refractivity (Wildman–Crippen MR) is 108 cm³/mol. The molecule has 1 heterocycles. The van der Waals surface area contributed by atoms with E-state index in [-0.39, 0.29) is 18.4 Å². The number of methoxy groups -OCH3 is 2. The normalized spacial score (nSPS) is 15.2. The molecule has 8 heteroatoms. The van der Waals surface area contributed by atoms with Crippen LogP contribution in [0.1, 0.15) is 11.1 Å². The molecule has 0 aliphatic carbocycles. The number of piperazine rings is 1. The van der Waals surface area contributed by atoms with E-state index in [2.05, 4.69) is 22.0 Å². The quantitative estimate of drug-likeness (QED) is 0.688. The van der Waals surface area contributed by atoms with E-state index in [0.717, 1.165) is 44.2 Å². The van der Waals surface area contributed by atoms with Crippen LogP contribution in [0.15, 0.2) is 12.1 Å². The Kier molecular flexibility index (Phi) is 8.07. The highest BCUT2D eigenvalue weighted by molar-refractivity contribution is 5.85. The monoisotopic (exact) mass is 392 g/mol. The molecule has 0 unspecified atom stereocenters. The van der Waals surface area contributed by atoms with Crippen LogP contribution in [-0.2, 0) is 16.1 Å². The first kappa shape index (κ1) is 22.0. The van der Waals surface area contributed by atoms with E-state index in [1.165, 1.54) is 16.0 Å². The van der Waals surface area contributed by atoms with Gasteiger partial charge in [-0.25, -0.2) is 0 Å². The summed E-state index contributed by atoms with van der Waals surface area (Å²) in [7, 11) is 6.52. The molecular weight excluding hydrogens is 360 g/mol. The van der Waals surface area contributed by atoms with Crippen molar-refractivity contribution in [2.24, 2.45) is 0 Å². The van der Waals surface area contributed by atoms with Gasteiger partial charge < -0.3 is 19.7 Å². The Labute approximate surface area is 167 Å². The van der Waals surface area contributed by atoms with Crippen LogP contribution in [0.3, 0.4) is 0 Å². The summed E-state index contributed by atoms with van der Waals surface area (Å²) in [6, 6.07) is 4.04. The highest BCUT2D eigenvalue weighted by atomic mass is 16.5. The van der Waals surface area contributed by atoms with Gasteiger partial charge in [0.2, 0.25) is 11.8 Å². The molecule has 0 saturated carbocycles. The number of rotatable bonds is 8. The summed E-state index contributed by atoms with van der Waals surface area (Å²) >= 11 is 0. The zero-order valence-corrected chi connectivity index (χ0v) is 17.6. The van der Waals surface area contributed by atoms with E-state index >= 15 is 0 Å². The fourth-order valence-corrected chi connectivity index (χ4v) is 3.23. The van der Waals surface area contributed by atoms with Gasteiger partial charge in [0.25, 0.3) is 0 Å². The van der Waals surface area contributed by atoms with E-state index < -0.39 is 0 Å². The van der Waals surface area contributed by atoms with Crippen molar-refractivity contribution >= 4 is 11.8 Å². The number of carbonyl (C=O) groups is 2. The van der Waals surface area contributed by atoms with E-state index in [1.807, 2.05) is 12.1 Å². The Morgan fingerprint density at radius 3 is 2.21 bits per heavy atom. The minimum Gasteiger partial charge on any atom is -0.493 e. The van der Waals surface area contributed by atoms with Gasteiger partial charge in [-0.3, -0.25) is 19.4 Å². The van der Waals surface area contributed by atoms with Crippen molar-refractivity contribution in [1.29, 1.82) is 0 Å². The number of ether oxygens (including phenoxy) is 2. The molecule has 0 bridgehead atoms. The van der Waals surface area contributed by atoms with Crippen molar-refractivity contribution in [3.8, 4) is 11.5 Å². The lowest BCUT2D eigenvalue weighted by Gasteiger charge is -2.35. The van der Waals surface area contributed by atoms with Gasteiger partial charge in [-0.15, -0.1) is 0 Å². The van der Waals surface area contributed by atoms with Crippen molar-refractivity contribution in [2.75, 3.05) is 67.6 Å². The molecule has 1 N–H and O–H groups in total. The van der Waals surface area contributed by atoms with Crippen LogP contribution < -0.4 is 14.8 Å². The first-order valence-corrected chi connectivity index (χ1v) is 9.48. The van der Waals surface area contributed by atoms with Gasteiger partial charge in [-0.2, -0.15) is 0 Å². The maximum absolute atomic E-state index is 12.3. The van der Waals surface area contributed by atoms with Gasteiger partial charge in [0.05, 0.1) is 27.3 Å². The molecule has 8 nitrogen and oxygen atoms in total. The lowest BCUT2D eigenvalue weighted by molar-refractivity contribution is -0.135. The van der Waals surface area contributed by atoms with Crippen LogP contribution in [0.2, 0.25) is 0 Å². The minimum absolute atomic E-state index is 0.0345. The lowest BCUT2D eigenvalue weighted by atomic mass is 10.1. The van der Waals surface area contributed by atoms with Crippen LogP contribution in [-0.4, -0.2) is 94.1 Å².